The van der Waals surface area contributed by atoms with Gasteiger partial charge < -0.3 is 15.3 Å². The molecule has 5 heteroatoms. The predicted molar refractivity (Wildman–Crippen MR) is 50.9 cm³/mol. The van der Waals surface area contributed by atoms with Gasteiger partial charge in [-0.15, -0.1) is 0 Å². The number of hydrogen-bond donors (Lipinski definition) is 2. The highest BCUT2D eigenvalue weighted by atomic mass is 16.4. The number of hydrogen-bond acceptors (Lipinski definition) is 3. The van der Waals surface area contributed by atoms with Gasteiger partial charge in [0.1, 0.15) is 0 Å². The van der Waals surface area contributed by atoms with Crippen LogP contribution in [0.3, 0.4) is 0 Å². The van der Waals surface area contributed by atoms with Gasteiger partial charge >= 0.3 is 5.97 Å². The van der Waals surface area contributed by atoms with Gasteiger partial charge in [0.2, 0.25) is 5.91 Å². The minimum atomic E-state index is -0.946. The summed E-state index contributed by atoms with van der Waals surface area (Å²) >= 11 is 0. The van der Waals surface area contributed by atoms with Crippen molar-refractivity contribution < 1.29 is 14.7 Å². The second-order valence-electron chi connectivity index (χ2n) is 3.77. The Bertz CT molecular complexity index is 242. The van der Waals surface area contributed by atoms with Crippen LogP contribution in [0.25, 0.3) is 0 Å². The Morgan fingerprint density at radius 3 is 2.93 bits per heavy atom. The van der Waals surface area contributed by atoms with Crippen molar-refractivity contribution in [2.24, 2.45) is 0 Å². The highest BCUT2D eigenvalue weighted by Crippen LogP contribution is 2.07. The molecule has 0 aromatic rings. The van der Waals surface area contributed by atoms with Crippen LogP contribution in [0.5, 0.6) is 0 Å². The highest BCUT2D eigenvalue weighted by Gasteiger charge is 2.28. The van der Waals surface area contributed by atoms with Crippen molar-refractivity contribution in [3.05, 3.63) is 0 Å². The Morgan fingerprint density at radius 2 is 2.36 bits per heavy atom. The molecular weight excluding hydrogens is 184 g/mol. The number of carboxylic acids is 1. The van der Waals surface area contributed by atoms with Crippen LogP contribution < -0.4 is 5.32 Å². The van der Waals surface area contributed by atoms with Crippen LogP contribution in [0.4, 0.5) is 0 Å². The molecule has 2 atom stereocenters. The largest absolute Gasteiger partial charge is 0.481 e. The van der Waals surface area contributed by atoms with Crippen molar-refractivity contribution in [2.45, 2.75) is 31.8 Å². The lowest BCUT2D eigenvalue weighted by Crippen LogP contribution is -2.45. The molecule has 5 nitrogen and oxygen atoms in total. The van der Waals surface area contributed by atoms with E-state index < -0.39 is 12.0 Å². The van der Waals surface area contributed by atoms with Crippen molar-refractivity contribution >= 4 is 11.9 Å². The van der Waals surface area contributed by atoms with Gasteiger partial charge in [-0.2, -0.15) is 0 Å². The summed E-state index contributed by atoms with van der Waals surface area (Å²) in [6.45, 7) is 2.64. The summed E-state index contributed by atoms with van der Waals surface area (Å²) in [5.74, 6) is -1.07. The van der Waals surface area contributed by atoms with Crippen LogP contribution in [0.2, 0.25) is 0 Å². The van der Waals surface area contributed by atoms with Gasteiger partial charge in [0.05, 0.1) is 12.5 Å². The Kier molecular flexibility index (Phi) is 3.46. The van der Waals surface area contributed by atoms with Crippen LogP contribution in [0, 0.1) is 0 Å². The first-order valence-electron chi connectivity index (χ1n) is 4.73. The number of nitrogens with one attached hydrogen (secondary N) is 1. The van der Waals surface area contributed by atoms with E-state index in [1.54, 1.807) is 11.9 Å². The predicted octanol–water partition coefficient (Wildman–Crippen LogP) is -0.330. The molecule has 0 radical (unpaired) electrons. The summed E-state index contributed by atoms with van der Waals surface area (Å²) in [5, 5.41) is 11.7. The molecule has 0 aliphatic carbocycles. The van der Waals surface area contributed by atoms with E-state index >= 15 is 0 Å². The number of amides is 1. The zero-order valence-corrected chi connectivity index (χ0v) is 8.49. The molecule has 2 N–H and O–H groups in total. The number of carboxylic acid groups (broad SMARTS) is 1. The van der Waals surface area contributed by atoms with Crippen LogP contribution in [0.15, 0.2) is 0 Å². The molecular formula is C9H16N2O3. The maximum absolute atomic E-state index is 11.6. The zero-order valence-electron chi connectivity index (χ0n) is 8.49. The quantitative estimate of drug-likeness (QED) is 0.640. The molecule has 2 unspecified atom stereocenters. The standard InChI is InChI=1S/C9H16N2O3/c1-6-3-4-11(2)9(14)7(10-6)5-8(12)13/h6-7,10H,3-5H2,1-2H3,(H,12,13). The molecule has 1 aliphatic heterocycles. The van der Waals surface area contributed by atoms with Crippen molar-refractivity contribution in [3.8, 4) is 0 Å². The highest BCUT2D eigenvalue weighted by molar-refractivity contribution is 5.86. The molecule has 0 saturated carbocycles. The molecule has 14 heavy (non-hydrogen) atoms. The minimum Gasteiger partial charge on any atom is -0.481 e. The fourth-order valence-corrected chi connectivity index (χ4v) is 1.58. The van der Waals surface area contributed by atoms with Crippen LogP contribution in [-0.2, 0) is 9.59 Å². The van der Waals surface area contributed by atoms with Crippen molar-refractivity contribution in [2.75, 3.05) is 13.6 Å². The number of likely N-dealkylation sites (N-methyl/N-ethyl adjacent to an activating group) is 1. The second kappa shape index (κ2) is 4.41. The van der Waals surface area contributed by atoms with Gasteiger partial charge in [-0.25, -0.2) is 0 Å². The molecule has 0 spiro atoms. The van der Waals surface area contributed by atoms with Gasteiger partial charge in [0, 0.05) is 19.6 Å². The lowest BCUT2D eigenvalue weighted by atomic mass is 10.1. The third-order valence-electron chi connectivity index (χ3n) is 2.44. The van der Waals surface area contributed by atoms with E-state index in [1.807, 2.05) is 6.92 Å². The van der Waals surface area contributed by atoms with E-state index in [9.17, 15) is 9.59 Å². The van der Waals surface area contributed by atoms with E-state index in [0.717, 1.165) is 6.42 Å². The van der Waals surface area contributed by atoms with E-state index in [0.29, 0.717) is 6.54 Å². The molecule has 1 fully saturated rings. The van der Waals surface area contributed by atoms with Crippen LogP contribution in [0.1, 0.15) is 19.8 Å². The van der Waals surface area contributed by atoms with Gasteiger partial charge in [-0.3, -0.25) is 9.59 Å². The van der Waals surface area contributed by atoms with Gasteiger partial charge in [0.15, 0.2) is 0 Å². The monoisotopic (exact) mass is 200 g/mol. The number of rotatable bonds is 2. The Morgan fingerprint density at radius 1 is 1.71 bits per heavy atom. The molecule has 1 aliphatic rings. The maximum atomic E-state index is 11.6. The second-order valence-corrected chi connectivity index (χ2v) is 3.77. The summed E-state index contributed by atoms with van der Waals surface area (Å²) in [4.78, 5) is 23.7. The molecule has 1 heterocycles. The normalized spacial score (nSPS) is 28.7. The number of carbonyl (C=O) groups excluding carboxylic acids is 1. The average Bonchev–Trinajstić information content (AvgIpc) is 2.19. The first-order valence-corrected chi connectivity index (χ1v) is 4.73. The maximum Gasteiger partial charge on any atom is 0.305 e. The minimum absolute atomic E-state index is 0.128. The molecule has 1 amide bonds. The van der Waals surface area contributed by atoms with E-state index in [2.05, 4.69) is 5.32 Å². The van der Waals surface area contributed by atoms with Gasteiger partial charge in [-0.05, 0) is 13.3 Å². The lowest BCUT2D eigenvalue weighted by Gasteiger charge is -2.19. The first-order chi connectivity index (χ1) is 6.50. The smallest absolute Gasteiger partial charge is 0.305 e. The molecule has 0 aromatic carbocycles. The molecule has 0 aromatic heterocycles. The van der Waals surface area contributed by atoms with Gasteiger partial charge in [-0.1, -0.05) is 0 Å². The third-order valence-corrected chi connectivity index (χ3v) is 2.44. The number of nitrogens with zero attached hydrogens (tertiary/aromatic N) is 1. The van der Waals surface area contributed by atoms with E-state index in [-0.39, 0.29) is 18.4 Å². The summed E-state index contributed by atoms with van der Waals surface area (Å²) in [6.07, 6.45) is 0.714. The first kappa shape index (κ1) is 11.0. The summed E-state index contributed by atoms with van der Waals surface area (Å²) < 4.78 is 0. The van der Waals surface area contributed by atoms with E-state index in [4.69, 9.17) is 5.11 Å². The lowest BCUT2D eigenvalue weighted by molar-refractivity contribution is -0.141. The van der Waals surface area contributed by atoms with Crippen molar-refractivity contribution in [1.82, 2.24) is 10.2 Å². The fraction of sp³-hybridized carbons (Fsp3) is 0.778. The number of carbonyl (C=O) groups is 2. The zero-order chi connectivity index (χ0) is 10.7. The summed E-state index contributed by atoms with van der Waals surface area (Å²) in [6, 6.07) is -0.386. The molecule has 1 saturated heterocycles. The number of aliphatic carboxylic acids is 1. The average molecular weight is 200 g/mol. The van der Waals surface area contributed by atoms with Crippen molar-refractivity contribution in [3.63, 3.8) is 0 Å². The molecule has 0 bridgehead atoms. The molecule has 1 rings (SSSR count). The van der Waals surface area contributed by atoms with Crippen LogP contribution >= 0.6 is 0 Å². The molecule has 80 valence electrons. The fourth-order valence-electron chi connectivity index (χ4n) is 1.58. The Labute approximate surface area is 83.1 Å². The Balaban J connectivity index is 2.68. The van der Waals surface area contributed by atoms with Crippen molar-refractivity contribution in [1.29, 1.82) is 0 Å². The Hall–Kier alpha value is -1.10. The summed E-state index contributed by atoms with van der Waals surface area (Å²) in [7, 11) is 1.71. The SMILES string of the molecule is CC1CCN(C)C(=O)C(CC(=O)O)N1. The summed E-state index contributed by atoms with van der Waals surface area (Å²) in [5.41, 5.74) is 0. The van der Waals surface area contributed by atoms with Crippen LogP contribution in [-0.4, -0.2) is 47.6 Å². The van der Waals surface area contributed by atoms with Gasteiger partial charge in [0.25, 0.3) is 0 Å². The third kappa shape index (κ3) is 2.70. The topological polar surface area (TPSA) is 69.6 Å². The van der Waals surface area contributed by atoms with E-state index in [1.165, 1.54) is 0 Å².